The van der Waals surface area contributed by atoms with Gasteiger partial charge in [-0.2, -0.15) is 0 Å². The van der Waals surface area contributed by atoms with Gasteiger partial charge in [-0.25, -0.2) is 0 Å². The number of rotatable bonds is 3. The molecule has 0 aliphatic carbocycles. The van der Waals surface area contributed by atoms with E-state index in [0.717, 1.165) is 11.1 Å². The molecule has 0 spiro atoms. The molecule has 1 heterocycles. The second kappa shape index (κ2) is 6.56. The second-order valence-corrected chi connectivity index (χ2v) is 6.55. The average molecular weight is 344 g/mol. The van der Waals surface area contributed by atoms with Crippen LogP contribution in [0.5, 0.6) is 5.75 Å². The molecule has 1 amide bonds. The highest BCUT2D eigenvalue weighted by atomic mass is 16.5. The summed E-state index contributed by atoms with van der Waals surface area (Å²) in [5, 5.41) is 0. The van der Waals surface area contributed by atoms with Crippen molar-refractivity contribution in [3.8, 4) is 5.75 Å². The van der Waals surface area contributed by atoms with Gasteiger partial charge in [-0.3, -0.25) is 4.79 Å². The van der Waals surface area contributed by atoms with Crippen molar-refractivity contribution in [3.63, 3.8) is 0 Å². The molecule has 0 aromatic heterocycles. The van der Waals surface area contributed by atoms with Crippen molar-refractivity contribution in [2.75, 3.05) is 10.6 Å². The van der Waals surface area contributed by atoms with Gasteiger partial charge in [0.05, 0.1) is 12.2 Å². The smallest absolute Gasteiger partial charge is 0.273 e. The predicted octanol–water partition coefficient (Wildman–Crippen LogP) is 4.24. The van der Waals surface area contributed by atoms with Crippen LogP contribution in [0.1, 0.15) is 22.8 Å². The molecule has 4 nitrogen and oxygen atoms in total. The Bertz CT molecular complexity index is 936. The summed E-state index contributed by atoms with van der Waals surface area (Å²) in [6.07, 6.45) is -0.655. The Kier molecular flexibility index (Phi) is 4.09. The van der Waals surface area contributed by atoms with Crippen LogP contribution in [-0.4, -0.2) is 5.91 Å². The number of nitrogen functional groups attached to an aromatic ring is 1. The Hall–Kier alpha value is -3.27. The van der Waals surface area contributed by atoms with E-state index in [2.05, 4.69) is 12.1 Å². The number of carbonyl (C=O) groups excluding carboxylic acids is 1. The van der Waals surface area contributed by atoms with Gasteiger partial charge in [-0.05, 0) is 30.7 Å². The van der Waals surface area contributed by atoms with Crippen molar-refractivity contribution in [1.29, 1.82) is 0 Å². The molecule has 3 aromatic carbocycles. The fraction of sp³-hybridized carbons (Fsp3) is 0.136. The van der Waals surface area contributed by atoms with Gasteiger partial charge < -0.3 is 15.4 Å². The Balaban J connectivity index is 1.75. The third-order valence-corrected chi connectivity index (χ3v) is 4.57. The Morgan fingerprint density at radius 1 is 1.00 bits per heavy atom. The molecule has 0 bridgehead atoms. The summed E-state index contributed by atoms with van der Waals surface area (Å²) in [5.74, 6) is 0.578. The highest BCUT2D eigenvalue weighted by molar-refractivity contribution is 6.01. The average Bonchev–Trinajstić information content (AvgIpc) is 2.66. The SMILES string of the molecule is Cc1ccc(CN2C(=O)C(c3ccccc3)Oc3ccc(N)cc32)cc1. The van der Waals surface area contributed by atoms with Crippen LogP contribution in [0.4, 0.5) is 11.4 Å². The van der Waals surface area contributed by atoms with E-state index in [1.54, 1.807) is 17.0 Å². The molecule has 1 unspecified atom stereocenters. The van der Waals surface area contributed by atoms with Gasteiger partial charge in [0.2, 0.25) is 6.10 Å². The number of nitrogens with zero attached hydrogens (tertiary/aromatic N) is 1. The monoisotopic (exact) mass is 344 g/mol. The molecule has 130 valence electrons. The third kappa shape index (κ3) is 3.02. The minimum Gasteiger partial charge on any atom is -0.474 e. The van der Waals surface area contributed by atoms with E-state index >= 15 is 0 Å². The largest absolute Gasteiger partial charge is 0.474 e. The summed E-state index contributed by atoms with van der Waals surface area (Å²) in [7, 11) is 0. The van der Waals surface area contributed by atoms with E-state index in [9.17, 15) is 4.79 Å². The zero-order valence-corrected chi connectivity index (χ0v) is 14.6. The molecule has 4 rings (SSSR count). The van der Waals surface area contributed by atoms with Crippen LogP contribution >= 0.6 is 0 Å². The van der Waals surface area contributed by atoms with Crippen LogP contribution in [0.15, 0.2) is 72.8 Å². The number of fused-ring (bicyclic) bond motifs is 1. The van der Waals surface area contributed by atoms with Crippen molar-refractivity contribution in [3.05, 3.63) is 89.5 Å². The zero-order valence-electron chi connectivity index (χ0n) is 14.6. The highest BCUT2D eigenvalue weighted by Gasteiger charge is 2.35. The van der Waals surface area contributed by atoms with Gasteiger partial charge in [0.15, 0.2) is 0 Å². The fourth-order valence-corrected chi connectivity index (χ4v) is 3.16. The zero-order chi connectivity index (χ0) is 18.1. The van der Waals surface area contributed by atoms with Crippen LogP contribution in [0.25, 0.3) is 0 Å². The van der Waals surface area contributed by atoms with Crippen molar-refractivity contribution in [1.82, 2.24) is 0 Å². The lowest BCUT2D eigenvalue weighted by Crippen LogP contribution is -2.40. The Morgan fingerprint density at radius 2 is 1.73 bits per heavy atom. The van der Waals surface area contributed by atoms with Crippen molar-refractivity contribution >= 4 is 17.3 Å². The Morgan fingerprint density at radius 3 is 2.46 bits per heavy atom. The van der Waals surface area contributed by atoms with E-state index in [-0.39, 0.29) is 5.91 Å². The maximum absolute atomic E-state index is 13.2. The van der Waals surface area contributed by atoms with Gasteiger partial charge in [0.25, 0.3) is 5.91 Å². The van der Waals surface area contributed by atoms with E-state index in [1.807, 2.05) is 55.5 Å². The normalized spacial score (nSPS) is 16.1. The molecule has 2 N–H and O–H groups in total. The number of anilines is 2. The molecule has 1 aliphatic rings. The Labute approximate surface area is 152 Å². The first-order chi connectivity index (χ1) is 12.6. The van der Waals surface area contributed by atoms with Crippen LogP contribution in [0, 0.1) is 6.92 Å². The minimum absolute atomic E-state index is 0.0881. The first-order valence-electron chi connectivity index (χ1n) is 8.60. The molecular formula is C22H20N2O2. The molecule has 3 aromatic rings. The van der Waals surface area contributed by atoms with Gasteiger partial charge in [0, 0.05) is 11.3 Å². The summed E-state index contributed by atoms with van der Waals surface area (Å²) in [6.45, 7) is 2.52. The maximum Gasteiger partial charge on any atom is 0.273 e. The molecule has 0 saturated heterocycles. The molecule has 0 radical (unpaired) electrons. The number of nitrogens with two attached hydrogens (primary N) is 1. The van der Waals surface area contributed by atoms with E-state index in [1.165, 1.54) is 5.56 Å². The maximum atomic E-state index is 13.2. The summed E-state index contributed by atoms with van der Waals surface area (Å²) in [4.78, 5) is 15.0. The molecule has 0 saturated carbocycles. The van der Waals surface area contributed by atoms with Crippen molar-refractivity contribution in [2.24, 2.45) is 0 Å². The number of hydrogen-bond donors (Lipinski definition) is 1. The number of carbonyl (C=O) groups is 1. The number of ether oxygens (including phenoxy) is 1. The van der Waals surface area contributed by atoms with Crippen molar-refractivity contribution in [2.45, 2.75) is 19.6 Å². The topological polar surface area (TPSA) is 55.6 Å². The number of hydrogen-bond acceptors (Lipinski definition) is 3. The molecule has 1 aliphatic heterocycles. The summed E-state index contributed by atoms with van der Waals surface area (Å²) in [6, 6.07) is 23.2. The summed E-state index contributed by atoms with van der Waals surface area (Å²) < 4.78 is 6.03. The lowest BCUT2D eigenvalue weighted by molar-refractivity contribution is -0.126. The third-order valence-electron chi connectivity index (χ3n) is 4.57. The van der Waals surface area contributed by atoms with Gasteiger partial charge in [-0.15, -0.1) is 0 Å². The van der Waals surface area contributed by atoms with Crippen LogP contribution in [0.2, 0.25) is 0 Å². The van der Waals surface area contributed by atoms with Crippen molar-refractivity contribution < 1.29 is 9.53 Å². The summed E-state index contributed by atoms with van der Waals surface area (Å²) in [5.41, 5.74) is 10.4. The molecule has 1 atom stereocenters. The molecule has 26 heavy (non-hydrogen) atoms. The summed E-state index contributed by atoms with van der Waals surface area (Å²) >= 11 is 0. The van der Waals surface area contributed by atoms with E-state index in [0.29, 0.717) is 23.7 Å². The quantitative estimate of drug-likeness (QED) is 0.723. The van der Waals surface area contributed by atoms with E-state index < -0.39 is 6.10 Å². The minimum atomic E-state index is -0.655. The van der Waals surface area contributed by atoms with Crippen LogP contribution < -0.4 is 15.4 Å². The van der Waals surface area contributed by atoms with Gasteiger partial charge in [0.1, 0.15) is 5.75 Å². The standard InChI is InChI=1S/C22H20N2O2/c1-15-7-9-16(10-8-15)14-24-19-13-18(23)11-12-20(19)26-21(22(24)25)17-5-3-2-4-6-17/h2-13,21H,14,23H2,1H3. The number of amides is 1. The fourth-order valence-electron chi connectivity index (χ4n) is 3.16. The molecular weight excluding hydrogens is 324 g/mol. The number of aryl methyl sites for hydroxylation is 1. The number of benzene rings is 3. The predicted molar refractivity (Wildman–Crippen MR) is 103 cm³/mol. The molecule has 4 heteroatoms. The first-order valence-corrected chi connectivity index (χ1v) is 8.60. The lowest BCUT2D eigenvalue weighted by Gasteiger charge is -2.35. The first kappa shape index (κ1) is 16.2. The van der Waals surface area contributed by atoms with Gasteiger partial charge in [-0.1, -0.05) is 60.2 Å². The van der Waals surface area contributed by atoms with Gasteiger partial charge >= 0.3 is 0 Å². The molecule has 0 fully saturated rings. The highest BCUT2D eigenvalue weighted by Crippen LogP contribution is 2.40. The second-order valence-electron chi connectivity index (χ2n) is 6.55. The van der Waals surface area contributed by atoms with Crippen LogP contribution in [-0.2, 0) is 11.3 Å². The van der Waals surface area contributed by atoms with Crippen LogP contribution in [0.3, 0.4) is 0 Å². The lowest BCUT2D eigenvalue weighted by atomic mass is 10.0. The van der Waals surface area contributed by atoms with E-state index in [4.69, 9.17) is 10.5 Å².